The number of aliphatic hydroxyl groups excluding tert-OH is 3. The summed E-state index contributed by atoms with van der Waals surface area (Å²) in [5.41, 5.74) is 0. The van der Waals surface area contributed by atoms with E-state index in [0.29, 0.717) is 33.0 Å². The third kappa shape index (κ3) is 8.23. The highest BCUT2D eigenvalue weighted by Gasteiger charge is 2.45. The van der Waals surface area contributed by atoms with Gasteiger partial charge in [-0.1, -0.05) is 0 Å². The molecule has 1 aliphatic rings. The van der Waals surface area contributed by atoms with Crippen LogP contribution >= 0.6 is 0 Å². The van der Waals surface area contributed by atoms with E-state index in [0.717, 1.165) is 0 Å². The van der Waals surface area contributed by atoms with Crippen LogP contribution in [0.2, 0.25) is 0 Å². The lowest BCUT2D eigenvalue weighted by molar-refractivity contribution is -0.272. The van der Waals surface area contributed by atoms with Crippen molar-refractivity contribution in [1.82, 2.24) is 5.32 Å². The molecule has 1 amide bonds. The van der Waals surface area contributed by atoms with Gasteiger partial charge in [0.2, 0.25) is 5.91 Å². The predicted molar refractivity (Wildman–Crippen MR) is 89.4 cm³/mol. The first kappa shape index (κ1) is 23.2. The first-order chi connectivity index (χ1) is 12.5. The Morgan fingerprint density at radius 1 is 1.00 bits per heavy atom. The van der Waals surface area contributed by atoms with Gasteiger partial charge in [-0.15, -0.1) is 0 Å². The molecule has 0 radical (unpaired) electrons. The van der Waals surface area contributed by atoms with Gasteiger partial charge in [-0.3, -0.25) is 4.79 Å². The van der Waals surface area contributed by atoms with Crippen molar-refractivity contribution in [3.8, 4) is 0 Å². The normalized spacial score (nSPS) is 28.9. The SMILES string of the molecule is CCOCCOCCOCCO[C@@H]1O[C@H](CO)[C@H](O)[C@H](O)[C@H]1NC(C)=O. The molecule has 4 N–H and O–H groups in total. The van der Waals surface area contributed by atoms with E-state index in [2.05, 4.69) is 5.32 Å². The van der Waals surface area contributed by atoms with Crippen molar-refractivity contribution < 1.29 is 43.8 Å². The first-order valence-electron chi connectivity index (χ1n) is 8.75. The highest BCUT2D eigenvalue weighted by atomic mass is 16.7. The molecule has 0 saturated carbocycles. The van der Waals surface area contributed by atoms with Crippen LogP contribution in [0.25, 0.3) is 0 Å². The van der Waals surface area contributed by atoms with Crippen molar-refractivity contribution >= 4 is 5.91 Å². The highest BCUT2D eigenvalue weighted by molar-refractivity contribution is 5.73. The second-order valence-corrected chi connectivity index (χ2v) is 5.73. The number of carbonyl (C=O) groups excluding carboxylic acids is 1. The molecule has 26 heavy (non-hydrogen) atoms. The van der Waals surface area contributed by atoms with Crippen LogP contribution in [-0.2, 0) is 28.5 Å². The zero-order valence-corrected chi connectivity index (χ0v) is 15.3. The third-order valence-electron chi connectivity index (χ3n) is 3.71. The van der Waals surface area contributed by atoms with E-state index in [4.69, 9.17) is 23.7 Å². The van der Waals surface area contributed by atoms with Gasteiger partial charge in [0.25, 0.3) is 0 Å². The number of nitrogens with one attached hydrogen (secondary N) is 1. The molecule has 1 heterocycles. The minimum Gasteiger partial charge on any atom is -0.394 e. The van der Waals surface area contributed by atoms with Gasteiger partial charge < -0.3 is 44.3 Å². The zero-order valence-electron chi connectivity index (χ0n) is 15.3. The van der Waals surface area contributed by atoms with E-state index >= 15 is 0 Å². The van der Waals surface area contributed by atoms with Crippen molar-refractivity contribution in [2.75, 3.05) is 52.9 Å². The van der Waals surface area contributed by atoms with E-state index in [1.54, 1.807) is 0 Å². The Balaban J connectivity index is 2.28. The van der Waals surface area contributed by atoms with Crippen LogP contribution in [0, 0.1) is 0 Å². The van der Waals surface area contributed by atoms with Crippen molar-refractivity contribution in [3.63, 3.8) is 0 Å². The molecule has 0 aromatic carbocycles. The molecule has 0 aliphatic carbocycles. The molecule has 10 nitrogen and oxygen atoms in total. The Morgan fingerprint density at radius 2 is 1.58 bits per heavy atom. The van der Waals surface area contributed by atoms with Crippen LogP contribution in [-0.4, -0.2) is 105 Å². The molecule has 1 saturated heterocycles. The molecule has 5 atom stereocenters. The van der Waals surface area contributed by atoms with Gasteiger partial charge >= 0.3 is 0 Å². The molecule has 0 spiro atoms. The van der Waals surface area contributed by atoms with Gasteiger partial charge in [-0.05, 0) is 6.92 Å². The quantitative estimate of drug-likeness (QED) is 0.267. The second kappa shape index (κ2) is 13.3. The van der Waals surface area contributed by atoms with Crippen molar-refractivity contribution in [1.29, 1.82) is 0 Å². The lowest BCUT2D eigenvalue weighted by Gasteiger charge is -2.42. The van der Waals surface area contributed by atoms with Crippen LogP contribution < -0.4 is 5.32 Å². The molecule has 0 aromatic heterocycles. The Labute approximate surface area is 153 Å². The molecule has 10 heteroatoms. The lowest BCUT2D eigenvalue weighted by Crippen LogP contribution is -2.64. The molecular weight excluding hydrogens is 350 g/mol. The minimum atomic E-state index is -1.33. The summed E-state index contributed by atoms with van der Waals surface area (Å²) < 4.78 is 26.7. The average Bonchev–Trinajstić information content (AvgIpc) is 2.62. The van der Waals surface area contributed by atoms with Crippen LogP contribution in [0.3, 0.4) is 0 Å². The van der Waals surface area contributed by atoms with Crippen LogP contribution in [0.4, 0.5) is 0 Å². The Hall–Kier alpha value is -0.850. The topological polar surface area (TPSA) is 136 Å². The summed E-state index contributed by atoms with van der Waals surface area (Å²) in [5, 5.41) is 31.7. The largest absolute Gasteiger partial charge is 0.394 e. The second-order valence-electron chi connectivity index (χ2n) is 5.73. The standard InChI is InChI=1S/C16H31NO9/c1-3-22-4-5-23-6-7-24-8-9-25-16-13(17-11(2)19)15(21)14(20)12(10-18)26-16/h12-16,18,20-21H,3-10H2,1-2H3,(H,17,19)/t12-,13-,14+,15-,16-/m1/s1. The maximum Gasteiger partial charge on any atom is 0.217 e. The molecule has 0 bridgehead atoms. The van der Waals surface area contributed by atoms with Gasteiger partial charge in [0.1, 0.15) is 24.4 Å². The molecule has 154 valence electrons. The number of amides is 1. The summed E-state index contributed by atoms with van der Waals surface area (Å²) in [4.78, 5) is 11.3. The fourth-order valence-electron chi connectivity index (χ4n) is 2.42. The van der Waals surface area contributed by atoms with Crippen LogP contribution in [0.5, 0.6) is 0 Å². The minimum absolute atomic E-state index is 0.140. The average molecular weight is 381 g/mol. The smallest absolute Gasteiger partial charge is 0.217 e. The molecular formula is C16H31NO9. The van der Waals surface area contributed by atoms with E-state index in [9.17, 15) is 20.1 Å². The third-order valence-corrected chi connectivity index (χ3v) is 3.71. The van der Waals surface area contributed by atoms with Gasteiger partial charge in [-0.2, -0.15) is 0 Å². The lowest BCUT2D eigenvalue weighted by atomic mass is 9.97. The number of ether oxygens (including phenoxy) is 5. The van der Waals surface area contributed by atoms with Crippen molar-refractivity contribution in [3.05, 3.63) is 0 Å². The maximum atomic E-state index is 11.3. The van der Waals surface area contributed by atoms with E-state index in [1.807, 2.05) is 6.92 Å². The Morgan fingerprint density at radius 3 is 2.12 bits per heavy atom. The molecule has 0 aromatic rings. The summed E-state index contributed by atoms with van der Waals surface area (Å²) in [6.07, 6.45) is -4.67. The number of hydrogen-bond acceptors (Lipinski definition) is 9. The van der Waals surface area contributed by atoms with E-state index < -0.39 is 43.2 Å². The zero-order chi connectivity index (χ0) is 19.4. The van der Waals surface area contributed by atoms with E-state index in [-0.39, 0.29) is 13.2 Å². The molecule has 1 aliphatic heterocycles. The summed E-state index contributed by atoms with van der Waals surface area (Å²) in [6.45, 7) is 5.62. The monoisotopic (exact) mass is 381 g/mol. The highest BCUT2D eigenvalue weighted by Crippen LogP contribution is 2.22. The van der Waals surface area contributed by atoms with Gasteiger partial charge in [-0.25, -0.2) is 0 Å². The van der Waals surface area contributed by atoms with Crippen molar-refractivity contribution in [2.45, 2.75) is 44.5 Å². The number of rotatable bonds is 13. The Bertz CT molecular complexity index is 385. The number of aliphatic hydroxyl groups is 3. The van der Waals surface area contributed by atoms with E-state index in [1.165, 1.54) is 6.92 Å². The Kier molecular flexibility index (Phi) is 11.9. The number of hydrogen-bond donors (Lipinski definition) is 4. The van der Waals surface area contributed by atoms with Crippen LogP contribution in [0.1, 0.15) is 13.8 Å². The maximum absolute atomic E-state index is 11.3. The number of carbonyl (C=O) groups is 1. The fourth-order valence-corrected chi connectivity index (χ4v) is 2.42. The summed E-state index contributed by atoms with van der Waals surface area (Å²) >= 11 is 0. The summed E-state index contributed by atoms with van der Waals surface area (Å²) in [5.74, 6) is -0.402. The molecule has 1 rings (SSSR count). The van der Waals surface area contributed by atoms with Gasteiger partial charge in [0.15, 0.2) is 6.29 Å². The van der Waals surface area contributed by atoms with Gasteiger partial charge in [0.05, 0.1) is 46.2 Å². The van der Waals surface area contributed by atoms with Gasteiger partial charge in [0, 0.05) is 13.5 Å². The molecule has 1 fully saturated rings. The fraction of sp³-hybridized carbons (Fsp3) is 0.938. The summed E-state index contributed by atoms with van der Waals surface area (Å²) in [7, 11) is 0. The molecule has 0 unspecified atom stereocenters. The predicted octanol–water partition coefficient (Wildman–Crippen LogP) is -1.98. The van der Waals surface area contributed by atoms with Crippen LogP contribution in [0.15, 0.2) is 0 Å². The van der Waals surface area contributed by atoms with Crippen molar-refractivity contribution in [2.24, 2.45) is 0 Å². The summed E-state index contributed by atoms with van der Waals surface area (Å²) in [6, 6.07) is -0.952. The first-order valence-corrected chi connectivity index (χ1v) is 8.75.